The van der Waals surface area contributed by atoms with Crippen LogP contribution < -0.4 is 14.8 Å². The lowest BCUT2D eigenvalue weighted by molar-refractivity contribution is -0.123. The molecule has 37 heavy (non-hydrogen) atoms. The standard InChI is InChI=1S/C29H28N2O4S2/c1-4-21-10-8-9-13-23(21)30-27(32)18-35-24-15-14-20(16-25(24)34-3)17-26-28(33)31(29(36)37-26)19(2)22-11-6-5-7-12-22/h5-17,19H,4,18H2,1-3H3,(H,30,32)/b26-17-/t19-/m0/s1. The predicted molar refractivity (Wildman–Crippen MR) is 153 cm³/mol. The van der Waals surface area contributed by atoms with Crippen LogP contribution in [-0.4, -0.2) is 34.8 Å². The summed E-state index contributed by atoms with van der Waals surface area (Å²) in [7, 11) is 1.53. The van der Waals surface area contributed by atoms with Crippen LogP contribution in [0.15, 0.2) is 77.7 Å². The number of hydrogen-bond acceptors (Lipinski definition) is 6. The van der Waals surface area contributed by atoms with Gasteiger partial charge in [-0.25, -0.2) is 0 Å². The second-order valence-electron chi connectivity index (χ2n) is 8.40. The van der Waals surface area contributed by atoms with Crippen molar-refractivity contribution >= 4 is 51.9 Å². The molecular weight excluding hydrogens is 504 g/mol. The number of anilines is 1. The van der Waals surface area contributed by atoms with Crippen molar-refractivity contribution in [2.45, 2.75) is 26.3 Å². The number of carbonyl (C=O) groups is 2. The van der Waals surface area contributed by atoms with Crippen molar-refractivity contribution in [2.24, 2.45) is 0 Å². The molecular formula is C29H28N2O4S2. The average molecular weight is 533 g/mol. The van der Waals surface area contributed by atoms with Gasteiger partial charge in [0.15, 0.2) is 18.1 Å². The van der Waals surface area contributed by atoms with Crippen LogP contribution in [0.25, 0.3) is 6.08 Å². The summed E-state index contributed by atoms with van der Waals surface area (Å²) in [5, 5.41) is 2.89. The van der Waals surface area contributed by atoms with Crippen molar-refractivity contribution in [1.29, 1.82) is 0 Å². The Hall–Kier alpha value is -3.62. The van der Waals surface area contributed by atoms with Gasteiger partial charge in [-0.3, -0.25) is 14.5 Å². The van der Waals surface area contributed by atoms with Crippen molar-refractivity contribution in [3.63, 3.8) is 0 Å². The molecule has 0 saturated carbocycles. The van der Waals surface area contributed by atoms with E-state index < -0.39 is 0 Å². The van der Waals surface area contributed by atoms with Gasteiger partial charge in [0.05, 0.1) is 18.1 Å². The minimum absolute atomic E-state index is 0.130. The molecule has 0 unspecified atom stereocenters. The third-order valence-electron chi connectivity index (χ3n) is 6.01. The molecule has 8 heteroatoms. The van der Waals surface area contributed by atoms with Gasteiger partial charge in [0.2, 0.25) is 0 Å². The molecule has 190 valence electrons. The number of hydrogen-bond donors (Lipinski definition) is 1. The highest BCUT2D eigenvalue weighted by Crippen LogP contribution is 2.39. The molecule has 3 aromatic rings. The monoisotopic (exact) mass is 532 g/mol. The van der Waals surface area contributed by atoms with E-state index in [2.05, 4.69) is 5.32 Å². The van der Waals surface area contributed by atoms with E-state index in [-0.39, 0.29) is 24.5 Å². The quantitative estimate of drug-likeness (QED) is 0.260. The maximum Gasteiger partial charge on any atom is 0.266 e. The highest BCUT2D eigenvalue weighted by molar-refractivity contribution is 8.26. The fourth-order valence-electron chi connectivity index (χ4n) is 4.02. The van der Waals surface area contributed by atoms with Gasteiger partial charge in [-0.05, 0) is 54.3 Å². The molecule has 4 rings (SSSR count). The van der Waals surface area contributed by atoms with Crippen molar-refractivity contribution < 1.29 is 19.1 Å². The lowest BCUT2D eigenvalue weighted by Gasteiger charge is -2.23. The molecule has 1 fully saturated rings. The van der Waals surface area contributed by atoms with E-state index in [9.17, 15) is 9.59 Å². The number of ether oxygens (including phenoxy) is 2. The van der Waals surface area contributed by atoms with Crippen LogP contribution in [0, 0.1) is 0 Å². The van der Waals surface area contributed by atoms with E-state index in [4.69, 9.17) is 21.7 Å². The fraction of sp³-hybridized carbons (Fsp3) is 0.207. The number of benzene rings is 3. The summed E-state index contributed by atoms with van der Waals surface area (Å²) in [5.74, 6) is 0.505. The third-order valence-corrected chi connectivity index (χ3v) is 7.34. The number of methoxy groups -OCH3 is 1. The Balaban J connectivity index is 1.44. The van der Waals surface area contributed by atoms with E-state index in [0.29, 0.717) is 20.7 Å². The molecule has 0 radical (unpaired) electrons. The zero-order valence-electron chi connectivity index (χ0n) is 20.9. The van der Waals surface area contributed by atoms with Crippen LogP contribution in [0.4, 0.5) is 5.69 Å². The zero-order valence-corrected chi connectivity index (χ0v) is 22.5. The van der Waals surface area contributed by atoms with Crippen molar-refractivity contribution in [1.82, 2.24) is 4.90 Å². The Labute approximate surface area is 226 Å². The predicted octanol–water partition coefficient (Wildman–Crippen LogP) is 6.24. The van der Waals surface area contributed by atoms with E-state index in [1.807, 2.05) is 74.5 Å². The fourth-order valence-corrected chi connectivity index (χ4v) is 5.44. The highest BCUT2D eigenvalue weighted by atomic mass is 32.2. The van der Waals surface area contributed by atoms with Gasteiger partial charge in [0.25, 0.3) is 11.8 Å². The summed E-state index contributed by atoms with van der Waals surface area (Å²) in [6, 6.07) is 22.6. The molecule has 1 saturated heterocycles. The number of rotatable bonds is 9. The summed E-state index contributed by atoms with van der Waals surface area (Å²) >= 11 is 6.80. The maximum atomic E-state index is 13.2. The van der Waals surface area contributed by atoms with Crippen LogP contribution in [0.3, 0.4) is 0 Å². The zero-order chi connectivity index (χ0) is 26.4. The molecule has 2 amide bonds. The van der Waals surface area contributed by atoms with Gasteiger partial charge in [-0.1, -0.05) is 85.5 Å². The van der Waals surface area contributed by atoms with Crippen LogP contribution in [0.1, 0.15) is 36.6 Å². The van der Waals surface area contributed by atoms with E-state index in [1.54, 1.807) is 23.1 Å². The third kappa shape index (κ3) is 6.21. The number of thiocarbonyl (C=S) groups is 1. The highest BCUT2D eigenvalue weighted by Gasteiger charge is 2.35. The summed E-state index contributed by atoms with van der Waals surface area (Å²) in [6.07, 6.45) is 2.61. The Kier molecular flexibility index (Phi) is 8.63. The van der Waals surface area contributed by atoms with Gasteiger partial charge < -0.3 is 14.8 Å². The number of aryl methyl sites for hydroxylation is 1. The molecule has 1 aliphatic rings. The molecule has 0 aliphatic carbocycles. The lowest BCUT2D eigenvalue weighted by atomic mass is 10.1. The summed E-state index contributed by atoms with van der Waals surface area (Å²) < 4.78 is 11.7. The van der Waals surface area contributed by atoms with Gasteiger partial charge in [0.1, 0.15) is 4.32 Å². The molecule has 6 nitrogen and oxygen atoms in total. The van der Waals surface area contributed by atoms with Crippen molar-refractivity contribution in [3.05, 3.63) is 94.4 Å². The van der Waals surface area contributed by atoms with E-state index in [1.165, 1.54) is 18.9 Å². The number of para-hydroxylation sites is 1. The Bertz CT molecular complexity index is 1340. The maximum absolute atomic E-state index is 13.2. The Morgan fingerprint density at radius 1 is 1.08 bits per heavy atom. The number of nitrogens with one attached hydrogen (secondary N) is 1. The molecule has 1 atom stereocenters. The topological polar surface area (TPSA) is 67.9 Å². The van der Waals surface area contributed by atoms with Gasteiger partial charge in [-0.15, -0.1) is 0 Å². The second-order valence-corrected chi connectivity index (χ2v) is 10.1. The van der Waals surface area contributed by atoms with E-state index in [0.717, 1.165) is 28.8 Å². The molecule has 1 heterocycles. The minimum Gasteiger partial charge on any atom is -0.493 e. The summed E-state index contributed by atoms with van der Waals surface area (Å²) in [6.45, 7) is 3.84. The molecule has 1 aliphatic heterocycles. The number of nitrogens with zero attached hydrogens (tertiary/aromatic N) is 1. The summed E-state index contributed by atoms with van der Waals surface area (Å²) in [4.78, 5) is 27.8. The van der Waals surface area contributed by atoms with Crippen LogP contribution in [0.2, 0.25) is 0 Å². The molecule has 0 spiro atoms. The first-order chi connectivity index (χ1) is 17.9. The molecule has 0 bridgehead atoms. The first-order valence-electron chi connectivity index (χ1n) is 11.9. The van der Waals surface area contributed by atoms with Gasteiger partial charge >= 0.3 is 0 Å². The number of thioether (sulfide) groups is 1. The van der Waals surface area contributed by atoms with Crippen LogP contribution in [0.5, 0.6) is 11.5 Å². The second kappa shape index (κ2) is 12.1. The first kappa shape index (κ1) is 26.4. The summed E-state index contributed by atoms with van der Waals surface area (Å²) in [5.41, 5.74) is 3.62. The normalized spacial score (nSPS) is 15.1. The molecule has 3 aromatic carbocycles. The number of amides is 2. The smallest absolute Gasteiger partial charge is 0.266 e. The van der Waals surface area contributed by atoms with Crippen LogP contribution in [-0.2, 0) is 16.0 Å². The van der Waals surface area contributed by atoms with Gasteiger partial charge in [0, 0.05) is 5.69 Å². The molecule has 1 N–H and O–H groups in total. The van der Waals surface area contributed by atoms with E-state index >= 15 is 0 Å². The SMILES string of the molecule is CCc1ccccc1NC(=O)COc1ccc(/C=C2\SC(=S)N([C@@H](C)c3ccccc3)C2=O)cc1OC. The van der Waals surface area contributed by atoms with Crippen molar-refractivity contribution in [2.75, 3.05) is 19.0 Å². The van der Waals surface area contributed by atoms with Crippen LogP contribution >= 0.6 is 24.0 Å². The molecule has 0 aromatic heterocycles. The minimum atomic E-state index is -0.261. The largest absolute Gasteiger partial charge is 0.493 e. The van der Waals surface area contributed by atoms with Gasteiger partial charge in [-0.2, -0.15) is 0 Å². The van der Waals surface area contributed by atoms with Crippen molar-refractivity contribution in [3.8, 4) is 11.5 Å². The Morgan fingerprint density at radius 2 is 1.81 bits per heavy atom. The first-order valence-corrected chi connectivity index (χ1v) is 13.1. The average Bonchev–Trinajstić information content (AvgIpc) is 3.20. The lowest BCUT2D eigenvalue weighted by Crippen LogP contribution is -2.30. The number of carbonyl (C=O) groups excluding carboxylic acids is 2. The Morgan fingerprint density at radius 3 is 2.54 bits per heavy atom.